The molecule has 0 heterocycles. The molecule has 0 aliphatic heterocycles. The number of phenolic OH excluding ortho intramolecular Hbond substituents is 1. The molecule has 0 bridgehead atoms. The summed E-state index contributed by atoms with van der Waals surface area (Å²) in [5.74, 6) is -1.43. The van der Waals surface area contributed by atoms with Crippen molar-refractivity contribution in [3.05, 3.63) is 77.9 Å². The molecule has 0 saturated heterocycles. The van der Waals surface area contributed by atoms with E-state index in [4.69, 9.17) is 0 Å². The van der Waals surface area contributed by atoms with E-state index in [9.17, 15) is 15.0 Å². The molecule has 2 N–H and O–H groups in total. The molecule has 0 spiro atoms. The molecule has 0 aliphatic carbocycles. The predicted molar refractivity (Wildman–Crippen MR) is 86.1 cm³/mol. The fraction of sp³-hybridized carbons (Fsp3) is 0.105. The van der Waals surface area contributed by atoms with Gasteiger partial charge in [-0.15, -0.1) is 0 Å². The number of fused-ring (bicyclic) bond motifs is 1. The molecule has 1 atom stereocenters. The number of aliphatic carboxylic acids is 1. The minimum absolute atomic E-state index is 0.140. The Morgan fingerprint density at radius 2 is 1.59 bits per heavy atom. The third-order valence-corrected chi connectivity index (χ3v) is 3.92. The van der Waals surface area contributed by atoms with Crippen LogP contribution in [0.4, 0.5) is 0 Å². The van der Waals surface area contributed by atoms with Gasteiger partial charge >= 0.3 is 5.97 Å². The van der Waals surface area contributed by atoms with E-state index >= 15 is 0 Å². The van der Waals surface area contributed by atoms with Crippen LogP contribution < -0.4 is 0 Å². The summed E-state index contributed by atoms with van der Waals surface area (Å²) in [6.45, 7) is 0. The number of rotatable bonds is 4. The highest BCUT2D eigenvalue weighted by Crippen LogP contribution is 2.32. The molecule has 0 aromatic heterocycles. The summed E-state index contributed by atoms with van der Waals surface area (Å²) in [6.07, 6.45) is 0.256. The molecule has 0 radical (unpaired) electrons. The molecule has 0 amide bonds. The number of hydrogen-bond donors (Lipinski definition) is 2. The Labute approximate surface area is 128 Å². The first-order chi connectivity index (χ1) is 10.7. The van der Waals surface area contributed by atoms with Crippen molar-refractivity contribution in [3.8, 4) is 5.75 Å². The lowest BCUT2D eigenvalue weighted by Gasteiger charge is -2.15. The average Bonchev–Trinajstić information content (AvgIpc) is 2.54. The summed E-state index contributed by atoms with van der Waals surface area (Å²) in [6, 6.07) is 20.3. The zero-order valence-corrected chi connectivity index (χ0v) is 11.9. The predicted octanol–water partition coefficient (Wildman–Crippen LogP) is 3.96. The fourth-order valence-corrected chi connectivity index (χ4v) is 2.78. The van der Waals surface area contributed by atoms with Gasteiger partial charge in [-0.2, -0.15) is 0 Å². The van der Waals surface area contributed by atoms with Gasteiger partial charge in [-0.05, 0) is 28.8 Å². The molecule has 1 unspecified atom stereocenters. The van der Waals surface area contributed by atoms with Crippen LogP contribution >= 0.6 is 0 Å². The van der Waals surface area contributed by atoms with E-state index in [1.165, 1.54) is 0 Å². The van der Waals surface area contributed by atoms with Gasteiger partial charge in [0.2, 0.25) is 0 Å². The Kier molecular flexibility index (Phi) is 3.79. The molecule has 3 nitrogen and oxygen atoms in total. The van der Waals surface area contributed by atoms with Crippen LogP contribution in [0.2, 0.25) is 0 Å². The van der Waals surface area contributed by atoms with Crippen LogP contribution in [0.1, 0.15) is 17.0 Å². The van der Waals surface area contributed by atoms with Gasteiger partial charge in [0.1, 0.15) is 5.75 Å². The van der Waals surface area contributed by atoms with Gasteiger partial charge in [-0.25, -0.2) is 0 Å². The Hall–Kier alpha value is -2.81. The van der Waals surface area contributed by atoms with Crippen LogP contribution in [0.15, 0.2) is 66.7 Å². The van der Waals surface area contributed by atoms with Gasteiger partial charge in [-0.1, -0.05) is 60.7 Å². The lowest BCUT2D eigenvalue weighted by molar-refractivity contribution is -0.138. The molecule has 0 aliphatic rings. The first kappa shape index (κ1) is 14.1. The van der Waals surface area contributed by atoms with Crippen LogP contribution in [0.25, 0.3) is 10.8 Å². The number of carbonyl (C=O) groups is 1. The molecule has 3 aromatic rings. The normalized spacial score (nSPS) is 12.2. The van der Waals surface area contributed by atoms with Gasteiger partial charge in [0.05, 0.1) is 5.92 Å². The van der Waals surface area contributed by atoms with Crippen molar-refractivity contribution in [2.45, 2.75) is 12.3 Å². The Morgan fingerprint density at radius 3 is 2.32 bits per heavy atom. The van der Waals surface area contributed by atoms with Gasteiger partial charge in [0.15, 0.2) is 0 Å². The van der Waals surface area contributed by atoms with Gasteiger partial charge in [0, 0.05) is 5.56 Å². The summed E-state index contributed by atoms with van der Waals surface area (Å²) < 4.78 is 0. The van der Waals surface area contributed by atoms with Crippen molar-refractivity contribution in [2.75, 3.05) is 0 Å². The van der Waals surface area contributed by atoms with Crippen molar-refractivity contribution in [3.63, 3.8) is 0 Å². The average molecular weight is 292 g/mol. The molecular weight excluding hydrogens is 276 g/mol. The summed E-state index contributed by atoms with van der Waals surface area (Å²) in [5, 5.41) is 21.6. The van der Waals surface area contributed by atoms with E-state index < -0.39 is 11.9 Å². The van der Waals surface area contributed by atoms with E-state index in [2.05, 4.69) is 0 Å². The highest BCUT2D eigenvalue weighted by molar-refractivity contribution is 5.88. The van der Waals surface area contributed by atoms with Crippen molar-refractivity contribution in [1.82, 2.24) is 0 Å². The van der Waals surface area contributed by atoms with E-state index in [0.717, 1.165) is 16.3 Å². The van der Waals surface area contributed by atoms with Gasteiger partial charge < -0.3 is 10.2 Å². The monoisotopic (exact) mass is 292 g/mol. The first-order valence-corrected chi connectivity index (χ1v) is 7.14. The fourth-order valence-electron chi connectivity index (χ4n) is 2.78. The zero-order valence-electron chi connectivity index (χ0n) is 11.9. The van der Waals surface area contributed by atoms with Crippen molar-refractivity contribution in [2.24, 2.45) is 0 Å². The van der Waals surface area contributed by atoms with Crippen LogP contribution in [0, 0.1) is 0 Å². The summed E-state index contributed by atoms with van der Waals surface area (Å²) in [4.78, 5) is 11.7. The van der Waals surface area contributed by atoms with Crippen LogP contribution in [-0.4, -0.2) is 16.2 Å². The number of benzene rings is 3. The van der Waals surface area contributed by atoms with E-state index in [1.54, 1.807) is 18.2 Å². The molecule has 110 valence electrons. The molecule has 0 saturated carbocycles. The van der Waals surface area contributed by atoms with Gasteiger partial charge in [-0.3, -0.25) is 4.79 Å². The summed E-state index contributed by atoms with van der Waals surface area (Å²) >= 11 is 0. The topological polar surface area (TPSA) is 57.5 Å². The standard InChI is InChI=1S/C19H16O3/c20-18-11-10-14-8-4-5-9-15(14)17(18)12-16(19(21)22)13-6-2-1-3-7-13/h1-11,16,20H,12H2,(H,21,22). The molecule has 3 aromatic carbocycles. The maximum atomic E-state index is 11.7. The van der Waals surface area contributed by atoms with Crippen LogP contribution in [0.3, 0.4) is 0 Å². The third kappa shape index (κ3) is 2.66. The molecular formula is C19H16O3. The minimum atomic E-state index is -0.890. The number of hydrogen-bond acceptors (Lipinski definition) is 2. The maximum absolute atomic E-state index is 11.7. The molecule has 3 rings (SSSR count). The second kappa shape index (κ2) is 5.90. The number of phenols is 1. The maximum Gasteiger partial charge on any atom is 0.311 e. The molecule has 0 fully saturated rings. The Balaban J connectivity index is 2.07. The highest BCUT2D eigenvalue weighted by Gasteiger charge is 2.22. The summed E-state index contributed by atoms with van der Waals surface area (Å²) in [5.41, 5.74) is 1.41. The van der Waals surface area contributed by atoms with E-state index in [-0.39, 0.29) is 12.2 Å². The smallest absolute Gasteiger partial charge is 0.311 e. The zero-order chi connectivity index (χ0) is 15.5. The lowest BCUT2D eigenvalue weighted by Crippen LogP contribution is -2.14. The second-order valence-corrected chi connectivity index (χ2v) is 5.29. The van der Waals surface area contributed by atoms with E-state index in [0.29, 0.717) is 5.56 Å². The van der Waals surface area contributed by atoms with Crippen LogP contribution in [0.5, 0.6) is 5.75 Å². The quantitative estimate of drug-likeness (QED) is 0.765. The number of carboxylic acids is 1. The number of aromatic hydroxyl groups is 1. The second-order valence-electron chi connectivity index (χ2n) is 5.29. The lowest BCUT2D eigenvalue weighted by atomic mass is 9.89. The SMILES string of the molecule is O=C(O)C(Cc1c(O)ccc2ccccc12)c1ccccc1. The molecule has 22 heavy (non-hydrogen) atoms. The van der Waals surface area contributed by atoms with Gasteiger partial charge in [0.25, 0.3) is 0 Å². The largest absolute Gasteiger partial charge is 0.508 e. The van der Waals surface area contributed by atoms with E-state index in [1.807, 2.05) is 48.5 Å². The van der Waals surface area contributed by atoms with Crippen molar-refractivity contribution < 1.29 is 15.0 Å². The third-order valence-electron chi connectivity index (χ3n) is 3.92. The number of carboxylic acid groups (broad SMARTS) is 1. The minimum Gasteiger partial charge on any atom is -0.508 e. The Morgan fingerprint density at radius 1 is 0.909 bits per heavy atom. The van der Waals surface area contributed by atoms with Crippen molar-refractivity contribution >= 4 is 16.7 Å². The molecule has 3 heteroatoms. The van der Waals surface area contributed by atoms with Crippen molar-refractivity contribution in [1.29, 1.82) is 0 Å². The Bertz CT molecular complexity index is 809. The highest BCUT2D eigenvalue weighted by atomic mass is 16.4. The first-order valence-electron chi connectivity index (χ1n) is 7.14. The summed E-state index contributed by atoms with van der Waals surface area (Å²) in [7, 11) is 0. The van der Waals surface area contributed by atoms with Crippen LogP contribution in [-0.2, 0) is 11.2 Å².